The third-order valence-electron chi connectivity index (χ3n) is 3.06. The number of thiophene rings is 1. The maximum atomic E-state index is 5.58. The Labute approximate surface area is 114 Å². The molecule has 0 aliphatic rings. The number of anilines is 1. The van der Waals surface area contributed by atoms with E-state index in [9.17, 15) is 0 Å². The van der Waals surface area contributed by atoms with Gasteiger partial charge in [-0.05, 0) is 31.5 Å². The number of pyridine rings is 1. The highest BCUT2D eigenvalue weighted by molar-refractivity contribution is 7.18. The molecule has 3 aromatic rings. The number of nitrogens with one attached hydrogen (secondary N) is 1. The Kier molecular flexibility index (Phi) is 2.88. The molecule has 0 radical (unpaired) electrons. The van der Waals surface area contributed by atoms with Crippen molar-refractivity contribution in [2.24, 2.45) is 5.84 Å². The van der Waals surface area contributed by atoms with Gasteiger partial charge >= 0.3 is 0 Å². The molecule has 0 spiro atoms. The standard InChI is InChI=1S/C13H13N5S/c1-7-8(2)19-13-10(7)12(18-14)16-11(17-13)9-5-3-4-6-15-9/h3-6H,14H2,1-2H3,(H,16,17,18). The van der Waals surface area contributed by atoms with Gasteiger partial charge in [0, 0.05) is 11.1 Å². The summed E-state index contributed by atoms with van der Waals surface area (Å²) in [5.74, 6) is 6.82. The number of hydrogen-bond donors (Lipinski definition) is 2. The molecule has 0 bridgehead atoms. The van der Waals surface area contributed by atoms with Gasteiger partial charge in [0.1, 0.15) is 10.5 Å². The molecule has 6 heteroatoms. The summed E-state index contributed by atoms with van der Waals surface area (Å²) in [6.45, 7) is 4.13. The SMILES string of the molecule is Cc1sc2nc(-c3ccccn3)nc(NN)c2c1C. The Morgan fingerprint density at radius 1 is 1.21 bits per heavy atom. The van der Waals surface area contributed by atoms with E-state index in [4.69, 9.17) is 5.84 Å². The molecule has 3 N–H and O–H groups in total. The highest BCUT2D eigenvalue weighted by Gasteiger charge is 2.15. The Morgan fingerprint density at radius 2 is 2.05 bits per heavy atom. The third kappa shape index (κ3) is 1.94. The number of aryl methyl sites for hydroxylation is 2. The molecule has 0 aromatic carbocycles. The van der Waals surface area contributed by atoms with Gasteiger partial charge in [0.2, 0.25) is 0 Å². The van der Waals surface area contributed by atoms with E-state index in [2.05, 4.69) is 34.2 Å². The first-order valence-electron chi connectivity index (χ1n) is 5.86. The van der Waals surface area contributed by atoms with E-state index in [1.165, 1.54) is 10.4 Å². The van der Waals surface area contributed by atoms with Gasteiger partial charge in [-0.1, -0.05) is 6.07 Å². The zero-order valence-electron chi connectivity index (χ0n) is 10.6. The first-order valence-corrected chi connectivity index (χ1v) is 6.68. The molecule has 3 rings (SSSR count). The molecular formula is C13H13N5S. The van der Waals surface area contributed by atoms with Crippen LogP contribution in [0.15, 0.2) is 24.4 Å². The summed E-state index contributed by atoms with van der Waals surface area (Å²) in [5, 5.41) is 0.990. The first kappa shape index (κ1) is 12.0. The van der Waals surface area contributed by atoms with Crippen molar-refractivity contribution in [3.63, 3.8) is 0 Å². The normalized spacial score (nSPS) is 10.9. The average molecular weight is 271 g/mol. The fourth-order valence-electron chi connectivity index (χ4n) is 1.96. The van der Waals surface area contributed by atoms with E-state index in [1.807, 2.05) is 18.2 Å². The van der Waals surface area contributed by atoms with Crippen molar-refractivity contribution in [1.82, 2.24) is 15.0 Å². The summed E-state index contributed by atoms with van der Waals surface area (Å²) >= 11 is 1.64. The van der Waals surface area contributed by atoms with Gasteiger partial charge in [-0.25, -0.2) is 15.8 Å². The van der Waals surface area contributed by atoms with Crippen molar-refractivity contribution >= 4 is 27.4 Å². The minimum absolute atomic E-state index is 0.585. The lowest BCUT2D eigenvalue weighted by Gasteiger charge is -2.05. The van der Waals surface area contributed by atoms with Crippen molar-refractivity contribution in [3.05, 3.63) is 34.8 Å². The lowest BCUT2D eigenvalue weighted by atomic mass is 10.2. The topological polar surface area (TPSA) is 76.7 Å². The number of hydrogen-bond acceptors (Lipinski definition) is 6. The number of nitrogens with two attached hydrogens (primary N) is 1. The minimum Gasteiger partial charge on any atom is -0.308 e. The van der Waals surface area contributed by atoms with Gasteiger partial charge in [-0.2, -0.15) is 0 Å². The number of nitrogens with zero attached hydrogens (tertiary/aromatic N) is 3. The van der Waals surface area contributed by atoms with Crippen molar-refractivity contribution in [1.29, 1.82) is 0 Å². The molecule has 0 atom stereocenters. The zero-order valence-corrected chi connectivity index (χ0v) is 11.5. The molecule has 0 aliphatic heterocycles. The molecule has 0 amide bonds. The lowest BCUT2D eigenvalue weighted by Crippen LogP contribution is -2.10. The Hall–Kier alpha value is -2.05. The molecule has 5 nitrogen and oxygen atoms in total. The van der Waals surface area contributed by atoms with Crippen LogP contribution in [0, 0.1) is 13.8 Å². The van der Waals surface area contributed by atoms with Gasteiger partial charge in [0.25, 0.3) is 0 Å². The second-order valence-corrected chi connectivity index (χ2v) is 5.42. The number of hydrazine groups is 1. The number of rotatable bonds is 2. The molecule has 0 aliphatic carbocycles. The number of fused-ring (bicyclic) bond motifs is 1. The van der Waals surface area contributed by atoms with Crippen molar-refractivity contribution < 1.29 is 0 Å². The third-order valence-corrected chi connectivity index (χ3v) is 4.16. The van der Waals surface area contributed by atoms with Crippen molar-refractivity contribution in [3.8, 4) is 11.5 Å². The zero-order chi connectivity index (χ0) is 13.4. The summed E-state index contributed by atoms with van der Waals surface area (Å²) in [6.07, 6.45) is 1.73. The Balaban J connectivity index is 2.29. The molecule has 96 valence electrons. The predicted octanol–water partition coefficient (Wildman–Crippen LogP) is 2.66. The second-order valence-electron chi connectivity index (χ2n) is 4.22. The van der Waals surface area contributed by atoms with Gasteiger partial charge in [0.05, 0.1) is 5.39 Å². The van der Waals surface area contributed by atoms with Crippen LogP contribution < -0.4 is 11.3 Å². The molecule has 0 fully saturated rings. The monoisotopic (exact) mass is 271 g/mol. The van der Waals surface area contributed by atoms with E-state index in [0.717, 1.165) is 15.9 Å². The fourth-order valence-corrected chi connectivity index (χ4v) is 2.99. The van der Waals surface area contributed by atoms with Crippen LogP contribution in [0.5, 0.6) is 0 Å². The summed E-state index contributed by atoms with van der Waals surface area (Å²) < 4.78 is 0. The number of nitrogen functional groups attached to an aromatic ring is 1. The molecule has 3 heterocycles. The van der Waals surface area contributed by atoms with Crippen LogP contribution in [0.2, 0.25) is 0 Å². The maximum Gasteiger partial charge on any atom is 0.181 e. The van der Waals surface area contributed by atoms with Crippen molar-refractivity contribution in [2.75, 3.05) is 5.43 Å². The summed E-state index contributed by atoms with van der Waals surface area (Å²) in [5.41, 5.74) is 4.57. The van der Waals surface area contributed by atoms with Crippen LogP contribution in [0.25, 0.3) is 21.7 Å². The van der Waals surface area contributed by atoms with Gasteiger partial charge in [-0.3, -0.25) is 4.98 Å². The second kappa shape index (κ2) is 4.56. The van der Waals surface area contributed by atoms with Gasteiger partial charge in [-0.15, -0.1) is 11.3 Å². The number of aromatic nitrogens is 3. The molecule has 0 saturated carbocycles. The van der Waals surface area contributed by atoms with Crippen molar-refractivity contribution in [2.45, 2.75) is 13.8 Å². The van der Waals surface area contributed by atoms with E-state index < -0.39 is 0 Å². The average Bonchev–Trinajstić information content (AvgIpc) is 2.74. The van der Waals surface area contributed by atoms with Crippen LogP contribution in [-0.4, -0.2) is 15.0 Å². The Bertz CT molecular complexity index is 736. The van der Waals surface area contributed by atoms with E-state index >= 15 is 0 Å². The molecule has 19 heavy (non-hydrogen) atoms. The largest absolute Gasteiger partial charge is 0.308 e. The van der Waals surface area contributed by atoms with Crippen LogP contribution in [0.3, 0.4) is 0 Å². The molecular weight excluding hydrogens is 258 g/mol. The predicted molar refractivity (Wildman–Crippen MR) is 77.9 cm³/mol. The van der Waals surface area contributed by atoms with Crippen LogP contribution in [-0.2, 0) is 0 Å². The van der Waals surface area contributed by atoms with E-state index in [-0.39, 0.29) is 0 Å². The molecule has 0 saturated heterocycles. The summed E-state index contributed by atoms with van der Waals surface area (Å²) in [7, 11) is 0. The minimum atomic E-state index is 0.585. The van der Waals surface area contributed by atoms with Crippen LogP contribution >= 0.6 is 11.3 Å². The Morgan fingerprint density at radius 3 is 2.74 bits per heavy atom. The fraction of sp³-hybridized carbons (Fsp3) is 0.154. The van der Waals surface area contributed by atoms with Gasteiger partial charge in [0.15, 0.2) is 11.6 Å². The first-order chi connectivity index (χ1) is 9.20. The smallest absolute Gasteiger partial charge is 0.181 e. The van der Waals surface area contributed by atoms with E-state index in [1.54, 1.807) is 17.5 Å². The lowest BCUT2D eigenvalue weighted by molar-refractivity contribution is 1.16. The highest BCUT2D eigenvalue weighted by Crippen LogP contribution is 2.34. The quantitative estimate of drug-likeness (QED) is 0.553. The van der Waals surface area contributed by atoms with Crippen LogP contribution in [0.4, 0.5) is 5.82 Å². The van der Waals surface area contributed by atoms with E-state index in [0.29, 0.717) is 11.6 Å². The van der Waals surface area contributed by atoms with Crippen LogP contribution in [0.1, 0.15) is 10.4 Å². The highest BCUT2D eigenvalue weighted by atomic mass is 32.1. The molecule has 0 unspecified atom stereocenters. The molecule has 3 aromatic heterocycles. The summed E-state index contributed by atoms with van der Waals surface area (Å²) in [4.78, 5) is 15.5. The van der Waals surface area contributed by atoms with Gasteiger partial charge < -0.3 is 5.43 Å². The summed E-state index contributed by atoms with van der Waals surface area (Å²) in [6, 6.07) is 5.66. The maximum absolute atomic E-state index is 5.58.